The third-order valence-corrected chi connectivity index (χ3v) is 3.26. The van der Waals surface area contributed by atoms with Gasteiger partial charge < -0.3 is 19.2 Å². The highest BCUT2D eigenvalue weighted by atomic mass is 16.5. The standard InChI is InChI=1S/C16H18N2O3/c1-11(18-10-14-5-4-13(9-17)21-14)15-7-6-12(19-2)8-16(15)20-3/h4-8,11,18H,10H2,1-3H3. The summed E-state index contributed by atoms with van der Waals surface area (Å²) in [5.41, 5.74) is 1.03. The molecule has 0 radical (unpaired) electrons. The van der Waals surface area contributed by atoms with Gasteiger partial charge >= 0.3 is 0 Å². The van der Waals surface area contributed by atoms with E-state index in [2.05, 4.69) is 5.32 Å². The Morgan fingerprint density at radius 1 is 1.24 bits per heavy atom. The zero-order chi connectivity index (χ0) is 15.2. The summed E-state index contributed by atoms with van der Waals surface area (Å²) in [6, 6.07) is 11.2. The van der Waals surface area contributed by atoms with Crippen LogP contribution in [0.5, 0.6) is 11.5 Å². The monoisotopic (exact) mass is 286 g/mol. The van der Waals surface area contributed by atoms with Crippen LogP contribution in [0.2, 0.25) is 0 Å². The Kier molecular flexibility index (Phi) is 4.85. The van der Waals surface area contributed by atoms with Crippen LogP contribution < -0.4 is 14.8 Å². The predicted octanol–water partition coefficient (Wildman–Crippen LogP) is 3.02. The molecule has 0 saturated carbocycles. The van der Waals surface area contributed by atoms with Gasteiger partial charge in [0.05, 0.1) is 20.8 Å². The SMILES string of the molecule is COc1ccc(C(C)NCc2ccc(C#N)o2)c(OC)c1. The molecule has 0 fully saturated rings. The quantitative estimate of drug-likeness (QED) is 0.884. The van der Waals surface area contributed by atoms with E-state index in [1.54, 1.807) is 26.4 Å². The van der Waals surface area contributed by atoms with Crippen LogP contribution in [0.25, 0.3) is 0 Å². The molecule has 1 unspecified atom stereocenters. The summed E-state index contributed by atoms with van der Waals surface area (Å²) in [6.07, 6.45) is 0. The van der Waals surface area contributed by atoms with E-state index in [0.29, 0.717) is 12.3 Å². The summed E-state index contributed by atoms with van der Waals surface area (Å²) in [4.78, 5) is 0. The van der Waals surface area contributed by atoms with Crippen LogP contribution in [0.4, 0.5) is 0 Å². The van der Waals surface area contributed by atoms with Gasteiger partial charge in [-0.25, -0.2) is 0 Å². The van der Waals surface area contributed by atoms with Crippen molar-refractivity contribution in [1.82, 2.24) is 5.32 Å². The average Bonchev–Trinajstić information content (AvgIpc) is 3.00. The van der Waals surface area contributed by atoms with E-state index in [1.807, 2.05) is 31.2 Å². The van der Waals surface area contributed by atoms with Crippen molar-refractivity contribution in [3.05, 3.63) is 47.4 Å². The summed E-state index contributed by atoms with van der Waals surface area (Å²) >= 11 is 0. The van der Waals surface area contributed by atoms with Gasteiger partial charge in [0.15, 0.2) is 0 Å². The first-order valence-corrected chi connectivity index (χ1v) is 6.62. The van der Waals surface area contributed by atoms with Gasteiger partial charge in [-0.3, -0.25) is 0 Å². The van der Waals surface area contributed by atoms with Gasteiger partial charge in [-0.1, -0.05) is 6.07 Å². The Bertz CT molecular complexity index is 643. The topological polar surface area (TPSA) is 67.4 Å². The van der Waals surface area contributed by atoms with Crippen LogP contribution in [-0.4, -0.2) is 14.2 Å². The second-order valence-corrected chi connectivity index (χ2v) is 4.59. The summed E-state index contributed by atoms with van der Waals surface area (Å²) in [6.45, 7) is 2.58. The summed E-state index contributed by atoms with van der Waals surface area (Å²) in [7, 11) is 3.26. The number of hydrogen-bond acceptors (Lipinski definition) is 5. The Labute approximate surface area is 124 Å². The lowest BCUT2D eigenvalue weighted by molar-refractivity contribution is 0.383. The molecular weight excluding hydrogens is 268 g/mol. The zero-order valence-electron chi connectivity index (χ0n) is 12.3. The molecule has 1 atom stereocenters. The maximum absolute atomic E-state index is 8.73. The van der Waals surface area contributed by atoms with E-state index in [-0.39, 0.29) is 6.04 Å². The second-order valence-electron chi connectivity index (χ2n) is 4.59. The highest BCUT2D eigenvalue weighted by Gasteiger charge is 2.13. The maximum atomic E-state index is 8.73. The van der Waals surface area contributed by atoms with Gasteiger partial charge in [-0.05, 0) is 25.1 Å². The first-order chi connectivity index (χ1) is 10.2. The minimum atomic E-state index is 0.0708. The number of nitrogens with one attached hydrogen (secondary N) is 1. The van der Waals surface area contributed by atoms with Gasteiger partial charge in [0.25, 0.3) is 0 Å². The van der Waals surface area contributed by atoms with Crippen LogP contribution in [0.1, 0.15) is 30.0 Å². The fourth-order valence-electron chi connectivity index (χ4n) is 2.07. The van der Waals surface area contributed by atoms with Crippen LogP contribution >= 0.6 is 0 Å². The first kappa shape index (κ1) is 14.9. The molecule has 1 heterocycles. The minimum Gasteiger partial charge on any atom is -0.497 e. The van der Waals surface area contributed by atoms with Crippen LogP contribution in [0, 0.1) is 11.3 Å². The molecule has 0 saturated heterocycles. The zero-order valence-corrected chi connectivity index (χ0v) is 12.3. The third-order valence-electron chi connectivity index (χ3n) is 3.26. The Morgan fingerprint density at radius 3 is 2.67 bits per heavy atom. The van der Waals surface area contributed by atoms with Gasteiger partial charge in [0, 0.05) is 17.7 Å². The largest absolute Gasteiger partial charge is 0.497 e. The molecule has 2 aromatic rings. The molecule has 2 rings (SSSR count). The van der Waals surface area contributed by atoms with E-state index < -0.39 is 0 Å². The molecule has 1 aromatic heterocycles. The van der Waals surface area contributed by atoms with E-state index in [0.717, 1.165) is 22.8 Å². The van der Waals surface area contributed by atoms with Crippen LogP contribution in [0.3, 0.4) is 0 Å². The summed E-state index contributed by atoms with van der Waals surface area (Å²) < 4.78 is 15.9. The predicted molar refractivity (Wildman–Crippen MR) is 78.2 cm³/mol. The number of ether oxygens (including phenoxy) is 2. The van der Waals surface area contributed by atoms with Gasteiger partial charge in [0.1, 0.15) is 23.3 Å². The van der Waals surface area contributed by atoms with Crippen molar-refractivity contribution in [2.75, 3.05) is 14.2 Å². The number of hydrogen-bond donors (Lipinski definition) is 1. The fraction of sp³-hybridized carbons (Fsp3) is 0.312. The number of rotatable bonds is 6. The summed E-state index contributed by atoms with van der Waals surface area (Å²) in [5.74, 6) is 2.58. The highest BCUT2D eigenvalue weighted by molar-refractivity contribution is 5.42. The van der Waals surface area contributed by atoms with Crippen LogP contribution in [0.15, 0.2) is 34.7 Å². The van der Waals surface area contributed by atoms with Crippen molar-refractivity contribution in [2.45, 2.75) is 19.5 Å². The highest BCUT2D eigenvalue weighted by Crippen LogP contribution is 2.29. The normalized spacial score (nSPS) is 11.7. The molecule has 110 valence electrons. The summed E-state index contributed by atoms with van der Waals surface area (Å²) in [5, 5.41) is 12.1. The maximum Gasteiger partial charge on any atom is 0.203 e. The number of nitrogens with zero attached hydrogens (tertiary/aromatic N) is 1. The average molecular weight is 286 g/mol. The molecule has 0 bridgehead atoms. The van der Waals surface area contributed by atoms with Gasteiger partial charge in [-0.2, -0.15) is 5.26 Å². The first-order valence-electron chi connectivity index (χ1n) is 6.62. The van der Waals surface area contributed by atoms with Crippen LogP contribution in [-0.2, 0) is 6.54 Å². The van der Waals surface area contributed by atoms with E-state index in [9.17, 15) is 0 Å². The molecule has 0 aliphatic rings. The van der Waals surface area contributed by atoms with Crippen molar-refractivity contribution < 1.29 is 13.9 Å². The molecule has 0 aliphatic heterocycles. The van der Waals surface area contributed by atoms with Crippen molar-refractivity contribution >= 4 is 0 Å². The second kappa shape index (κ2) is 6.82. The molecule has 5 nitrogen and oxygen atoms in total. The van der Waals surface area contributed by atoms with Gasteiger partial charge in [0.2, 0.25) is 5.76 Å². The molecule has 5 heteroatoms. The number of nitriles is 1. The number of furan rings is 1. The molecular formula is C16H18N2O3. The van der Waals surface area contributed by atoms with E-state index >= 15 is 0 Å². The molecule has 0 amide bonds. The molecule has 21 heavy (non-hydrogen) atoms. The number of benzene rings is 1. The van der Waals surface area contributed by atoms with Crippen molar-refractivity contribution in [2.24, 2.45) is 0 Å². The lowest BCUT2D eigenvalue weighted by Gasteiger charge is -2.17. The smallest absolute Gasteiger partial charge is 0.203 e. The lowest BCUT2D eigenvalue weighted by Crippen LogP contribution is -2.18. The molecule has 1 N–H and O–H groups in total. The van der Waals surface area contributed by atoms with Gasteiger partial charge in [-0.15, -0.1) is 0 Å². The van der Waals surface area contributed by atoms with Crippen molar-refractivity contribution in [1.29, 1.82) is 5.26 Å². The molecule has 1 aromatic carbocycles. The third kappa shape index (κ3) is 3.56. The lowest BCUT2D eigenvalue weighted by atomic mass is 10.1. The Hall–Kier alpha value is -2.45. The van der Waals surface area contributed by atoms with E-state index in [4.69, 9.17) is 19.2 Å². The minimum absolute atomic E-state index is 0.0708. The molecule has 0 aliphatic carbocycles. The van der Waals surface area contributed by atoms with Crippen molar-refractivity contribution in [3.63, 3.8) is 0 Å². The number of methoxy groups -OCH3 is 2. The Balaban J connectivity index is 2.06. The van der Waals surface area contributed by atoms with E-state index in [1.165, 1.54) is 0 Å². The fourth-order valence-corrected chi connectivity index (χ4v) is 2.07. The molecule has 0 spiro atoms. The van der Waals surface area contributed by atoms with Crippen molar-refractivity contribution in [3.8, 4) is 17.6 Å². The Morgan fingerprint density at radius 2 is 2.05 bits per heavy atom.